The first-order valence-electron chi connectivity index (χ1n) is 12.2. The minimum atomic E-state index is -6.91. The number of carbonyl (C=O) groups is 3. The van der Waals surface area contributed by atoms with E-state index in [9.17, 15) is 49.3 Å². The SMILES string of the molecule is O=C1OC2C(OC(=O)C34CC5CC(CC(C5)C3)C4)C3OC2C1C3C(=O)OC(C(F)(F)F)C(F)(F)S(=O)(=O)[O-]. The molecule has 0 aromatic heterocycles. The van der Waals surface area contributed by atoms with Crippen LogP contribution in [0.3, 0.4) is 0 Å². The summed E-state index contributed by atoms with van der Waals surface area (Å²) < 4.78 is 121. The van der Waals surface area contributed by atoms with Crippen LogP contribution < -0.4 is 0 Å². The fourth-order valence-corrected chi connectivity index (χ4v) is 8.44. The minimum Gasteiger partial charge on any atom is -0.743 e. The summed E-state index contributed by atoms with van der Waals surface area (Å²) in [7, 11) is -6.91. The van der Waals surface area contributed by atoms with Crippen LogP contribution in [0, 0.1) is 35.0 Å². The van der Waals surface area contributed by atoms with E-state index in [1.165, 1.54) is 0 Å². The maximum atomic E-state index is 13.9. The van der Waals surface area contributed by atoms with Crippen LogP contribution in [-0.4, -0.2) is 72.8 Å². The van der Waals surface area contributed by atoms with Gasteiger partial charge in [-0.1, -0.05) is 0 Å². The van der Waals surface area contributed by atoms with Crippen molar-refractivity contribution in [2.45, 2.75) is 80.5 Å². The maximum Gasteiger partial charge on any atom is 0.432 e. The quantitative estimate of drug-likeness (QED) is 0.199. The summed E-state index contributed by atoms with van der Waals surface area (Å²) in [4.78, 5) is 38.6. The van der Waals surface area contributed by atoms with Crippen molar-refractivity contribution in [3.8, 4) is 0 Å². The Kier molecular flexibility index (Phi) is 5.50. The molecule has 6 bridgehead atoms. The van der Waals surface area contributed by atoms with Crippen LogP contribution in [0.2, 0.25) is 0 Å². The zero-order valence-corrected chi connectivity index (χ0v) is 20.2. The molecule has 7 fully saturated rings. The van der Waals surface area contributed by atoms with Gasteiger partial charge in [0, 0.05) is 0 Å². The molecule has 0 N–H and O–H groups in total. The molecule has 0 radical (unpaired) electrons. The molecule has 16 heteroatoms. The van der Waals surface area contributed by atoms with Crippen molar-refractivity contribution in [2.24, 2.45) is 35.0 Å². The van der Waals surface area contributed by atoms with E-state index in [4.69, 9.17) is 14.2 Å². The molecule has 4 saturated carbocycles. The van der Waals surface area contributed by atoms with E-state index >= 15 is 0 Å². The Morgan fingerprint density at radius 3 is 2.03 bits per heavy atom. The summed E-state index contributed by atoms with van der Waals surface area (Å²) in [5, 5.41) is -6.05. The summed E-state index contributed by atoms with van der Waals surface area (Å²) in [6.07, 6.45) is -11.3. The van der Waals surface area contributed by atoms with Gasteiger partial charge in [0.05, 0.1) is 5.41 Å². The highest BCUT2D eigenvalue weighted by Gasteiger charge is 2.73. The number of hydrogen-bond donors (Lipinski definition) is 0. The Hall–Kier alpha value is -2.07. The maximum absolute atomic E-state index is 13.9. The lowest BCUT2D eigenvalue weighted by Crippen LogP contribution is -2.56. The van der Waals surface area contributed by atoms with Gasteiger partial charge in [0.1, 0.15) is 24.0 Å². The molecule has 3 saturated heterocycles. The van der Waals surface area contributed by atoms with Gasteiger partial charge < -0.3 is 23.5 Å². The number of hydrogen-bond acceptors (Lipinski definition) is 10. The van der Waals surface area contributed by atoms with Crippen molar-refractivity contribution in [3.05, 3.63) is 0 Å². The predicted molar refractivity (Wildman–Crippen MR) is 107 cm³/mol. The Labute approximate surface area is 212 Å². The summed E-state index contributed by atoms with van der Waals surface area (Å²) >= 11 is 0. The van der Waals surface area contributed by atoms with E-state index in [2.05, 4.69) is 4.74 Å². The van der Waals surface area contributed by atoms with Gasteiger partial charge in [-0.15, -0.1) is 0 Å². The second kappa shape index (κ2) is 7.99. The lowest BCUT2D eigenvalue weighted by atomic mass is 9.49. The van der Waals surface area contributed by atoms with Gasteiger partial charge in [-0.05, 0) is 56.3 Å². The third-order valence-electron chi connectivity index (χ3n) is 9.06. The smallest absolute Gasteiger partial charge is 0.432 e. The van der Waals surface area contributed by atoms with Crippen molar-refractivity contribution in [3.63, 3.8) is 0 Å². The van der Waals surface area contributed by atoms with Crippen molar-refractivity contribution in [1.29, 1.82) is 0 Å². The standard InChI is InChI=1S/C22H23F5O10S/c23-21(24,25)18(22(26,27)38(31,32)33)37-17(29)11-10-12-14(35-16(10)28)15(13(11)34-12)36-19(30)20-4-7-1-8(5-20)3-9(2-7)6-20/h7-15,18H,1-6H2,(H,31,32,33)/p-1. The van der Waals surface area contributed by atoms with Gasteiger partial charge in [-0.2, -0.15) is 22.0 Å². The van der Waals surface area contributed by atoms with Crippen molar-refractivity contribution >= 4 is 28.0 Å². The fourth-order valence-electron chi connectivity index (χ4n) is 8.00. The number of fused-ring (bicyclic) bond motifs is 1. The van der Waals surface area contributed by atoms with Crippen molar-refractivity contribution < 1.29 is 68.3 Å². The van der Waals surface area contributed by atoms with Crippen LogP contribution in [0.1, 0.15) is 38.5 Å². The van der Waals surface area contributed by atoms with E-state index in [0.717, 1.165) is 19.3 Å². The molecule has 7 atom stereocenters. The van der Waals surface area contributed by atoms with Crippen LogP contribution in [0.5, 0.6) is 0 Å². The van der Waals surface area contributed by atoms with Gasteiger partial charge in [0.15, 0.2) is 22.3 Å². The average Bonchev–Trinajstić information content (AvgIpc) is 3.38. The van der Waals surface area contributed by atoms with Gasteiger partial charge in [0.2, 0.25) is 0 Å². The number of esters is 3. The number of ether oxygens (including phenoxy) is 4. The van der Waals surface area contributed by atoms with Crippen LogP contribution in [-0.2, 0) is 43.4 Å². The molecule has 7 rings (SSSR count). The molecule has 7 unspecified atom stereocenters. The molecule has 0 aromatic rings. The predicted octanol–water partition coefficient (Wildman–Crippen LogP) is 1.67. The van der Waals surface area contributed by atoms with E-state index in [0.29, 0.717) is 37.0 Å². The van der Waals surface area contributed by atoms with Crippen LogP contribution in [0.15, 0.2) is 0 Å². The number of alkyl halides is 5. The molecule has 3 heterocycles. The number of carbonyl (C=O) groups excluding carboxylic acids is 3. The normalized spacial score (nSPS) is 43.7. The van der Waals surface area contributed by atoms with Gasteiger partial charge in [0.25, 0.3) is 6.10 Å². The summed E-state index contributed by atoms with van der Waals surface area (Å²) in [5.74, 6) is -6.17. The van der Waals surface area contributed by atoms with Crippen molar-refractivity contribution in [1.82, 2.24) is 0 Å². The third-order valence-corrected chi connectivity index (χ3v) is 9.94. The molecule has 0 amide bonds. The Bertz CT molecular complexity index is 1150. The van der Waals surface area contributed by atoms with E-state index in [1.807, 2.05) is 0 Å². The molecule has 3 aliphatic heterocycles. The second-order valence-electron chi connectivity index (χ2n) is 11.5. The molecule has 212 valence electrons. The average molecular weight is 573 g/mol. The number of rotatable bonds is 6. The molecule has 38 heavy (non-hydrogen) atoms. The highest BCUT2D eigenvalue weighted by Crippen LogP contribution is 2.61. The Morgan fingerprint density at radius 1 is 0.974 bits per heavy atom. The zero-order valence-electron chi connectivity index (χ0n) is 19.4. The van der Waals surface area contributed by atoms with Gasteiger partial charge >= 0.3 is 29.3 Å². The molecule has 0 aromatic carbocycles. The van der Waals surface area contributed by atoms with Crippen LogP contribution in [0.4, 0.5) is 22.0 Å². The molecule has 4 aliphatic carbocycles. The summed E-state index contributed by atoms with van der Waals surface area (Å²) in [5.41, 5.74) is -0.777. The third kappa shape index (κ3) is 3.68. The molecule has 7 aliphatic rings. The minimum absolute atomic E-state index is 0.361. The first-order valence-corrected chi connectivity index (χ1v) is 13.6. The largest absolute Gasteiger partial charge is 0.743 e. The highest BCUT2D eigenvalue weighted by atomic mass is 32.2. The molecular formula is C22H22F5O10S-. The van der Waals surface area contributed by atoms with E-state index in [1.54, 1.807) is 0 Å². The first-order chi connectivity index (χ1) is 17.5. The second-order valence-corrected chi connectivity index (χ2v) is 12.9. The molecular weight excluding hydrogens is 551 g/mol. The van der Waals surface area contributed by atoms with Crippen LogP contribution in [0.25, 0.3) is 0 Å². The van der Waals surface area contributed by atoms with E-state index in [-0.39, 0.29) is 0 Å². The number of halogens is 5. The Morgan fingerprint density at radius 2 is 1.53 bits per heavy atom. The van der Waals surface area contributed by atoms with Crippen LogP contribution >= 0.6 is 0 Å². The monoisotopic (exact) mass is 573 g/mol. The summed E-state index contributed by atoms with van der Waals surface area (Å²) in [6.45, 7) is 0. The Balaban J connectivity index is 1.24. The molecule has 0 spiro atoms. The lowest BCUT2D eigenvalue weighted by Gasteiger charge is -2.55. The zero-order chi connectivity index (χ0) is 27.6. The lowest BCUT2D eigenvalue weighted by molar-refractivity contribution is -0.261. The summed E-state index contributed by atoms with van der Waals surface area (Å²) in [6, 6.07) is 0. The van der Waals surface area contributed by atoms with Gasteiger partial charge in [-0.25, -0.2) is 8.42 Å². The topological polar surface area (TPSA) is 145 Å². The van der Waals surface area contributed by atoms with E-state index < -0.39 is 87.2 Å². The molecule has 10 nitrogen and oxygen atoms in total. The first kappa shape index (κ1) is 26.2. The van der Waals surface area contributed by atoms with Gasteiger partial charge in [-0.3, -0.25) is 14.4 Å². The fraction of sp³-hybridized carbons (Fsp3) is 0.864. The van der Waals surface area contributed by atoms with Crippen molar-refractivity contribution in [2.75, 3.05) is 0 Å². The highest BCUT2D eigenvalue weighted by molar-refractivity contribution is 7.86.